The van der Waals surface area contributed by atoms with E-state index in [1.54, 1.807) is 30.3 Å². The smallest absolute Gasteiger partial charge is 0.301 e. The summed E-state index contributed by atoms with van der Waals surface area (Å²) in [6.45, 7) is 6.14. The van der Waals surface area contributed by atoms with E-state index >= 15 is 0 Å². The Hall–Kier alpha value is -4.02. The molecule has 1 aromatic heterocycles. The standard InChI is InChI=1S/C32H28FN3O4S2/c1-17(2)19-8-10-20(11-9-19)27-26(28(37)21-12-13-25-23(15-21)14-18(3)40-25)29(38)30(39)36(27)31-34-35-32(42-31)41-16-22-6-4-5-7-24(22)33/h4-13,15,17-18,27,37H,14,16H2,1-3H3/t18-,27-/m0/s1. The van der Waals surface area contributed by atoms with E-state index in [0.717, 1.165) is 28.2 Å². The number of ether oxygens (including phenoxy) is 1. The van der Waals surface area contributed by atoms with Crippen LogP contribution in [-0.4, -0.2) is 33.1 Å². The lowest BCUT2D eigenvalue weighted by Crippen LogP contribution is -2.29. The van der Waals surface area contributed by atoms with Crippen molar-refractivity contribution >= 4 is 45.7 Å². The number of nitrogens with zero attached hydrogens (tertiary/aromatic N) is 3. The third kappa shape index (κ3) is 5.20. The van der Waals surface area contributed by atoms with E-state index in [2.05, 4.69) is 24.0 Å². The van der Waals surface area contributed by atoms with E-state index in [1.807, 2.05) is 37.3 Å². The van der Waals surface area contributed by atoms with Crippen LogP contribution in [0.5, 0.6) is 5.75 Å². The molecule has 0 spiro atoms. The molecule has 3 aromatic carbocycles. The van der Waals surface area contributed by atoms with Crippen LogP contribution in [0.2, 0.25) is 0 Å². The number of fused-ring (bicyclic) bond motifs is 1. The number of ketones is 1. The van der Waals surface area contributed by atoms with Gasteiger partial charge in [-0.2, -0.15) is 0 Å². The van der Waals surface area contributed by atoms with Crippen molar-refractivity contribution in [2.24, 2.45) is 0 Å². The molecule has 0 aliphatic carbocycles. The van der Waals surface area contributed by atoms with Crippen molar-refractivity contribution in [3.8, 4) is 5.75 Å². The van der Waals surface area contributed by atoms with Crippen LogP contribution in [-0.2, 0) is 21.8 Å². The largest absolute Gasteiger partial charge is 0.507 e. The maximum Gasteiger partial charge on any atom is 0.301 e. The maximum atomic E-state index is 14.1. The normalized spacial score (nSPS) is 19.4. The molecule has 7 nitrogen and oxygen atoms in total. The first-order valence-electron chi connectivity index (χ1n) is 13.6. The highest BCUT2D eigenvalue weighted by Crippen LogP contribution is 2.45. The molecule has 4 aromatic rings. The molecule has 1 N–H and O–H groups in total. The molecule has 42 heavy (non-hydrogen) atoms. The Morgan fingerprint density at radius 2 is 1.88 bits per heavy atom. The van der Waals surface area contributed by atoms with Crippen molar-refractivity contribution in [1.82, 2.24) is 10.2 Å². The fraction of sp³-hybridized carbons (Fsp3) is 0.250. The number of halogens is 1. The molecule has 0 radical (unpaired) electrons. The average Bonchev–Trinajstić information content (AvgIpc) is 3.67. The molecule has 2 atom stereocenters. The van der Waals surface area contributed by atoms with Gasteiger partial charge in [0.1, 0.15) is 23.4 Å². The lowest BCUT2D eigenvalue weighted by atomic mass is 9.93. The minimum atomic E-state index is -0.910. The molecule has 1 amide bonds. The number of amides is 1. The second-order valence-electron chi connectivity index (χ2n) is 10.7. The second-order valence-corrected chi connectivity index (χ2v) is 12.9. The molecule has 10 heteroatoms. The number of benzene rings is 3. The van der Waals surface area contributed by atoms with Gasteiger partial charge < -0.3 is 9.84 Å². The molecule has 0 unspecified atom stereocenters. The van der Waals surface area contributed by atoms with Gasteiger partial charge in [-0.1, -0.05) is 79.4 Å². The number of hydrogen-bond donors (Lipinski definition) is 1. The van der Waals surface area contributed by atoms with Crippen molar-refractivity contribution in [2.45, 2.75) is 55.3 Å². The van der Waals surface area contributed by atoms with Crippen LogP contribution in [0, 0.1) is 5.82 Å². The fourth-order valence-electron chi connectivity index (χ4n) is 5.25. The predicted octanol–water partition coefficient (Wildman–Crippen LogP) is 7.04. The molecule has 2 aliphatic rings. The van der Waals surface area contributed by atoms with Crippen LogP contribution >= 0.6 is 23.1 Å². The zero-order valence-electron chi connectivity index (χ0n) is 23.2. The Morgan fingerprint density at radius 1 is 1.12 bits per heavy atom. The number of carbonyl (C=O) groups excluding carboxylic acids is 2. The molecular formula is C32H28FN3O4S2. The molecule has 1 saturated heterocycles. The summed E-state index contributed by atoms with van der Waals surface area (Å²) in [5, 5.41) is 20.2. The third-order valence-electron chi connectivity index (χ3n) is 7.44. The van der Waals surface area contributed by atoms with Crippen LogP contribution in [0.3, 0.4) is 0 Å². The Balaban J connectivity index is 1.40. The Bertz CT molecular complexity index is 1720. The van der Waals surface area contributed by atoms with Gasteiger partial charge in [0.2, 0.25) is 5.13 Å². The number of aliphatic hydroxyl groups is 1. The van der Waals surface area contributed by atoms with Crippen LogP contribution in [0.15, 0.2) is 76.6 Å². The summed E-state index contributed by atoms with van der Waals surface area (Å²) in [6.07, 6.45) is 0.702. The number of Topliss-reactive ketones (excluding diaryl/α,β-unsaturated/α-hetero) is 1. The predicted molar refractivity (Wildman–Crippen MR) is 161 cm³/mol. The zero-order valence-corrected chi connectivity index (χ0v) is 24.8. The Labute approximate surface area is 251 Å². The zero-order chi connectivity index (χ0) is 29.5. The highest BCUT2D eigenvalue weighted by Gasteiger charge is 2.48. The number of aromatic nitrogens is 2. The highest BCUT2D eigenvalue weighted by atomic mass is 32.2. The summed E-state index contributed by atoms with van der Waals surface area (Å²) in [5.74, 6) is -0.789. The van der Waals surface area contributed by atoms with E-state index in [-0.39, 0.29) is 28.4 Å². The molecule has 214 valence electrons. The first-order chi connectivity index (χ1) is 20.2. The summed E-state index contributed by atoms with van der Waals surface area (Å²) in [7, 11) is 0. The van der Waals surface area contributed by atoms with E-state index in [9.17, 15) is 19.1 Å². The lowest BCUT2D eigenvalue weighted by molar-refractivity contribution is -0.132. The van der Waals surface area contributed by atoms with Gasteiger partial charge in [-0.05, 0) is 59.4 Å². The van der Waals surface area contributed by atoms with Crippen molar-refractivity contribution < 1.29 is 23.8 Å². The summed E-state index contributed by atoms with van der Waals surface area (Å²) in [6, 6.07) is 18.6. The number of carbonyl (C=O) groups is 2. The number of rotatable bonds is 7. The van der Waals surface area contributed by atoms with Gasteiger partial charge in [0.15, 0.2) is 4.34 Å². The van der Waals surface area contributed by atoms with Crippen LogP contribution in [0.25, 0.3) is 5.76 Å². The van der Waals surface area contributed by atoms with Gasteiger partial charge in [-0.3, -0.25) is 14.5 Å². The fourth-order valence-corrected chi connectivity index (χ4v) is 7.10. The van der Waals surface area contributed by atoms with Crippen LogP contribution in [0.4, 0.5) is 9.52 Å². The molecule has 2 aliphatic heterocycles. The van der Waals surface area contributed by atoms with Gasteiger partial charge in [0.05, 0.1) is 11.6 Å². The average molecular weight is 602 g/mol. The molecule has 3 heterocycles. The van der Waals surface area contributed by atoms with E-state index in [4.69, 9.17) is 4.74 Å². The minimum Gasteiger partial charge on any atom is -0.507 e. The summed E-state index contributed by atoms with van der Waals surface area (Å²) in [5.41, 5.74) is 3.64. The van der Waals surface area contributed by atoms with Crippen molar-refractivity contribution in [1.29, 1.82) is 0 Å². The van der Waals surface area contributed by atoms with E-state index in [1.165, 1.54) is 22.7 Å². The van der Waals surface area contributed by atoms with Crippen LogP contribution < -0.4 is 9.64 Å². The van der Waals surface area contributed by atoms with E-state index in [0.29, 0.717) is 39.1 Å². The first-order valence-corrected chi connectivity index (χ1v) is 15.4. The SMILES string of the molecule is CC(C)c1ccc([C@H]2C(=C(O)c3ccc4c(c3)C[C@H](C)O4)C(=O)C(=O)N2c2nnc(SCc3ccccc3F)s2)cc1. The number of anilines is 1. The molecule has 0 saturated carbocycles. The van der Waals surface area contributed by atoms with E-state index < -0.39 is 17.7 Å². The topological polar surface area (TPSA) is 92.6 Å². The minimum absolute atomic E-state index is 0.0139. The Kier molecular flexibility index (Phi) is 7.59. The van der Waals surface area contributed by atoms with Crippen molar-refractivity contribution in [3.05, 3.63) is 106 Å². The van der Waals surface area contributed by atoms with Gasteiger partial charge in [0, 0.05) is 17.7 Å². The summed E-state index contributed by atoms with van der Waals surface area (Å²) in [4.78, 5) is 28.5. The highest BCUT2D eigenvalue weighted by molar-refractivity contribution is 8.00. The van der Waals surface area contributed by atoms with Crippen LogP contribution in [0.1, 0.15) is 60.5 Å². The van der Waals surface area contributed by atoms with Crippen molar-refractivity contribution in [3.63, 3.8) is 0 Å². The number of hydrogen-bond acceptors (Lipinski definition) is 8. The Morgan fingerprint density at radius 3 is 2.62 bits per heavy atom. The molecule has 1 fully saturated rings. The van der Waals surface area contributed by atoms with Crippen molar-refractivity contribution in [2.75, 3.05) is 4.90 Å². The van der Waals surface area contributed by atoms with Gasteiger partial charge in [0.25, 0.3) is 5.78 Å². The van der Waals surface area contributed by atoms with Gasteiger partial charge in [-0.25, -0.2) is 4.39 Å². The van der Waals surface area contributed by atoms with Gasteiger partial charge in [-0.15, -0.1) is 10.2 Å². The first kappa shape index (κ1) is 28.1. The number of aliphatic hydroxyl groups excluding tert-OH is 1. The second kappa shape index (κ2) is 11.3. The lowest BCUT2D eigenvalue weighted by Gasteiger charge is -2.23. The summed E-state index contributed by atoms with van der Waals surface area (Å²) >= 11 is 2.44. The third-order valence-corrected chi connectivity index (χ3v) is 9.55. The monoisotopic (exact) mass is 601 g/mol. The quantitative estimate of drug-likeness (QED) is 0.0798. The molecule has 0 bridgehead atoms. The maximum absolute atomic E-state index is 14.1. The molecule has 6 rings (SSSR count). The van der Waals surface area contributed by atoms with Gasteiger partial charge >= 0.3 is 5.91 Å². The number of thioether (sulfide) groups is 1. The summed E-state index contributed by atoms with van der Waals surface area (Å²) < 4.78 is 20.5. The molecular weight excluding hydrogens is 574 g/mol.